The molecule has 1 N–H and O–H groups in total. The summed E-state index contributed by atoms with van der Waals surface area (Å²) < 4.78 is 30.4. The quantitative estimate of drug-likeness (QED) is 0.814. The number of carbonyl (C=O) groups is 1. The third-order valence-corrected chi connectivity index (χ3v) is 6.28. The van der Waals surface area contributed by atoms with Gasteiger partial charge in [0.05, 0.1) is 0 Å². The molecular formula is C17H31N3O4S. The standard InChI is InChI=1S/C17H31N3O4S/c1-5-25(22,23)20-12-10-19(11-13-20)15-8-6-14(7-9-15)18-16(21)24-17(2,3)4/h5,14-15H,1,6-13H2,2-4H3,(H,18,21). The van der Waals surface area contributed by atoms with Crippen LogP contribution in [0.1, 0.15) is 46.5 Å². The fourth-order valence-corrected chi connectivity index (χ4v) is 4.37. The summed E-state index contributed by atoms with van der Waals surface area (Å²) in [4.78, 5) is 14.2. The molecule has 0 unspecified atom stereocenters. The van der Waals surface area contributed by atoms with Crippen molar-refractivity contribution >= 4 is 16.1 Å². The number of alkyl carbamates (subject to hydrolysis) is 1. The molecule has 2 rings (SSSR count). The van der Waals surface area contributed by atoms with Crippen molar-refractivity contribution in [2.75, 3.05) is 26.2 Å². The molecular weight excluding hydrogens is 342 g/mol. The normalized spacial score (nSPS) is 26.8. The lowest BCUT2D eigenvalue weighted by Gasteiger charge is -2.41. The van der Waals surface area contributed by atoms with Crippen LogP contribution >= 0.6 is 0 Å². The average Bonchev–Trinajstić information content (AvgIpc) is 2.54. The first kappa shape index (κ1) is 20.2. The van der Waals surface area contributed by atoms with E-state index in [1.165, 1.54) is 4.31 Å². The third-order valence-electron chi connectivity index (χ3n) is 4.78. The molecule has 0 aromatic heterocycles. The largest absolute Gasteiger partial charge is 0.444 e. The first-order valence-electron chi connectivity index (χ1n) is 8.97. The Bertz CT molecular complexity index is 569. The Hall–Kier alpha value is -1.12. The molecule has 1 amide bonds. The van der Waals surface area contributed by atoms with Crippen molar-refractivity contribution in [2.24, 2.45) is 0 Å². The van der Waals surface area contributed by atoms with Crippen LogP contribution in [0.2, 0.25) is 0 Å². The first-order chi connectivity index (χ1) is 11.6. The number of hydrogen-bond acceptors (Lipinski definition) is 5. The van der Waals surface area contributed by atoms with Gasteiger partial charge in [0.25, 0.3) is 0 Å². The van der Waals surface area contributed by atoms with Gasteiger partial charge in [-0.1, -0.05) is 6.58 Å². The maximum absolute atomic E-state index is 11.9. The number of piperazine rings is 1. The molecule has 1 aliphatic carbocycles. The second-order valence-corrected chi connectivity index (χ2v) is 9.68. The lowest BCUT2D eigenvalue weighted by molar-refractivity contribution is 0.0468. The number of amides is 1. The zero-order valence-electron chi connectivity index (χ0n) is 15.5. The van der Waals surface area contributed by atoms with Crippen molar-refractivity contribution in [1.82, 2.24) is 14.5 Å². The molecule has 1 aliphatic heterocycles. The molecule has 0 spiro atoms. The Kier molecular flexibility index (Phi) is 6.51. The van der Waals surface area contributed by atoms with Crippen molar-refractivity contribution in [3.8, 4) is 0 Å². The highest BCUT2D eigenvalue weighted by molar-refractivity contribution is 7.92. The molecule has 1 saturated heterocycles. The van der Waals surface area contributed by atoms with Crippen LogP contribution in [-0.2, 0) is 14.8 Å². The first-order valence-corrected chi connectivity index (χ1v) is 10.5. The Morgan fingerprint density at radius 2 is 1.68 bits per heavy atom. The summed E-state index contributed by atoms with van der Waals surface area (Å²) in [7, 11) is -3.30. The molecule has 2 aliphatic rings. The predicted molar refractivity (Wildman–Crippen MR) is 97.7 cm³/mol. The predicted octanol–water partition coefficient (Wildman–Crippen LogP) is 1.91. The number of sulfonamides is 1. The van der Waals surface area contributed by atoms with Gasteiger partial charge in [0, 0.05) is 43.7 Å². The van der Waals surface area contributed by atoms with E-state index in [0.717, 1.165) is 44.2 Å². The average molecular weight is 374 g/mol. The number of nitrogens with zero attached hydrogens (tertiary/aromatic N) is 2. The summed E-state index contributed by atoms with van der Waals surface area (Å²) in [6, 6.07) is 0.624. The van der Waals surface area contributed by atoms with E-state index in [4.69, 9.17) is 4.74 Å². The molecule has 0 radical (unpaired) electrons. The Balaban J connectivity index is 1.74. The van der Waals surface area contributed by atoms with E-state index in [-0.39, 0.29) is 12.1 Å². The van der Waals surface area contributed by atoms with Gasteiger partial charge >= 0.3 is 6.09 Å². The maximum Gasteiger partial charge on any atom is 0.407 e. The number of nitrogens with one attached hydrogen (secondary N) is 1. The zero-order chi connectivity index (χ0) is 18.7. The van der Waals surface area contributed by atoms with Crippen LogP contribution in [0.4, 0.5) is 4.79 Å². The van der Waals surface area contributed by atoms with Crippen LogP contribution in [0.25, 0.3) is 0 Å². The monoisotopic (exact) mass is 373 g/mol. The van der Waals surface area contributed by atoms with E-state index < -0.39 is 15.6 Å². The van der Waals surface area contributed by atoms with Gasteiger partial charge in [0.1, 0.15) is 5.60 Å². The number of rotatable bonds is 4. The van der Waals surface area contributed by atoms with Gasteiger partial charge in [-0.2, -0.15) is 4.31 Å². The molecule has 0 aromatic carbocycles. The Morgan fingerprint density at radius 1 is 1.12 bits per heavy atom. The van der Waals surface area contributed by atoms with E-state index in [0.29, 0.717) is 19.1 Å². The minimum absolute atomic E-state index is 0.161. The maximum atomic E-state index is 11.9. The van der Waals surface area contributed by atoms with E-state index >= 15 is 0 Å². The summed E-state index contributed by atoms with van der Waals surface area (Å²) >= 11 is 0. The van der Waals surface area contributed by atoms with E-state index in [9.17, 15) is 13.2 Å². The molecule has 0 bridgehead atoms. The fraction of sp³-hybridized carbons (Fsp3) is 0.824. The molecule has 25 heavy (non-hydrogen) atoms. The van der Waals surface area contributed by atoms with Gasteiger partial charge in [-0.15, -0.1) is 0 Å². The van der Waals surface area contributed by atoms with Crippen LogP contribution in [0.15, 0.2) is 12.0 Å². The molecule has 0 aromatic rings. The van der Waals surface area contributed by atoms with Gasteiger partial charge in [0.2, 0.25) is 10.0 Å². The second-order valence-electron chi connectivity index (χ2n) is 7.80. The van der Waals surface area contributed by atoms with Crippen molar-refractivity contribution in [2.45, 2.75) is 64.1 Å². The summed E-state index contributed by atoms with van der Waals surface area (Å²) in [5, 5.41) is 3.98. The van der Waals surface area contributed by atoms with Gasteiger partial charge in [0.15, 0.2) is 0 Å². The van der Waals surface area contributed by atoms with E-state index in [1.54, 1.807) is 0 Å². The van der Waals surface area contributed by atoms with Crippen molar-refractivity contribution < 1.29 is 17.9 Å². The highest BCUT2D eigenvalue weighted by Crippen LogP contribution is 2.25. The van der Waals surface area contributed by atoms with Gasteiger partial charge in [-0.05, 0) is 46.5 Å². The Morgan fingerprint density at radius 3 is 2.16 bits per heavy atom. The number of hydrogen-bond donors (Lipinski definition) is 1. The Labute approximate surface area is 151 Å². The van der Waals surface area contributed by atoms with E-state index in [2.05, 4.69) is 16.8 Å². The summed E-state index contributed by atoms with van der Waals surface area (Å²) in [6.07, 6.45) is 3.52. The van der Waals surface area contributed by atoms with Crippen LogP contribution in [0.5, 0.6) is 0 Å². The number of ether oxygens (including phenoxy) is 1. The molecule has 8 heteroatoms. The molecule has 1 heterocycles. The van der Waals surface area contributed by atoms with Crippen molar-refractivity contribution in [3.05, 3.63) is 12.0 Å². The molecule has 1 saturated carbocycles. The van der Waals surface area contributed by atoms with Gasteiger partial charge < -0.3 is 10.1 Å². The molecule has 0 atom stereocenters. The van der Waals surface area contributed by atoms with Gasteiger partial charge in [-0.3, -0.25) is 4.90 Å². The molecule has 7 nitrogen and oxygen atoms in total. The second kappa shape index (κ2) is 8.05. The fourth-order valence-electron chi connectivity index (χ4n) is 3.49. The highest BCUT2D eigenvalue weighted by Gasteiger charge is 2.31. The zero-order valence-corrected chi connectivity index (χ0v) is 16.3. The number of carbonyl (C=O) groups excluding carboxylic acids is 1. The van der Waals surface area contributed by atoms with Gasteiger partial charge in [-0.25, -0.2) is 13.2 Å². The summed E-state index contributed by atoms with van der Waals surface area (Å²) in [6.45, 7) is 11.5. The smallest absolute Gasteiger partial charge is 0.407 e. The summed E-state index contributed by atoms with van der Waals surface area (Å²) in [5.41, 5.74) is -0.479. The lowest BCUT2D eigenvalue weighted by Crippen LogP contribution is -2.53. The van der Waals surface area contributed by atoms with E-state index in [1.807, 2.05) is 20.8 Å². The minimum Gasteiger partial charge on any atom is -0.444 e. The lowest BCUT2D eigenvalue weighted by atomic mass is 9.90. The molecule has 2 fully saturated rings. The topological polar surface area (TPSA) is 79.0 Å². The highest BCUT2D eigenvalue weighted by atomic mass is 32.2. The van der Waals surface area contributed by atoms with Crippen molar-refractivity contribution in [1.29, 1.82) is 0 Å². The molecule has 144 valence electrons. The SMILES string of the molecule is C=CS(=O)(=O)N1CCN(C2CCC(NC(=O)OC(C)(C)C)CC2)CC1. The van der Waals surface area contributed by atoms with Crippen LogP contribution in [0, 0.1) is 0 Å². The summed E-state index contributed by atoms with van der Waals surface area (Å²) in [5.74, 6) is 0. The third kappa shape index (κ3) is 5.97. The van der Waals surface area contributed by atoms with Crippen LogP contribution in [-0.4, -0.2) is 67.6 Å². The minimum atomic E-state index is -3.30. The van der Waals surface area contributed by atoms with Crippen molar-refractivity contribution in [3.63, 3.8) is 0 Å². The van der Waals surface area contributed by atoms with Crippen LogP contribution < -0.4 is 5.32 Å². The van der Waals surface area contributed by atoms with Crippen LogP contribution in [0.3, 0.4) is 0 Å².